The van der Waals surface area contributed by atoms with Gasteiger partial charge in [-0.25, -0.2) is 0 Å². The molecule has 10 aliphatic carbocycles. The summed E-state index contributed by atoms with van der Waals surface area (Å²) in [6.45, 7) is 1.93. The number of carbonyl (C=O) groups is 1. The van der Waals surface area contributed by atoms with Crippen LogP contribution < -0.4 is 0 Å². The van der Waals surface area contributed by atoms with Crippen LogP contribution in [0.5, 0.6) is 0 Å². The highest BCUT2D eigenvalue weighted by Crippen LogP contribution is 2.86. The van der Waals surface area contributed by atoms with Gasteiger partial charge in [-0.1, -0.05) is 0 Å². The summed E-state index contributed by atoms with van der Waals surface area (Å²) >= 11 is 0. The highest BCUT2D eigenvalue weighted by atomic mass is 16.1. The van der Waals surface area contributed by atoms with Crippen molar-refractivity contribution in [2.45, 2.75) is 51.9 Å². The zero-order chi connectivity index (χ0) is 13.7. The van der Waals surface area contributed by atoms with Gasteiger partial charge in [-0.3, -0.25) is 4.79 Å². The number of rotatable bonds is 1. The molecule has 1 nitrogen and oxygen atoms in total. The molecule has 0 heterocycles. The summed E-state index contributed by atoms with van der Waals surface area (Å²) in [6.07, 6.45) is 10.2. The Hall–Kier alpha value is -0.330. The van der Waals surface area contributed by atoms with E-state index in [0.29, 0.717) is 11.2 Å². The van der Waals surface area contributed by atoms with E-state index < -0.39 is 0 Å². The van der Waals surface area contributed by atoms with E-state index in [1.165, 1.54) is 25.7 Å². The summed E-state index contributed by atoms with van der Waals surface area (Å²) in [5, 5.41) is 0. The maximum Gasteiger partial charge on any atom is 0.136 e. The van der Waals surface area contributed by atoms with Crippen molar-refractivity contribution < 1.29 is 4.79 Å². The smallest absolute Gasteiger partial charge is 0.136 e. The van der Waals surface area contributed by atoms with E-state index in [-0.39, 0.29) is 5.41 Å². The SMILES string of the molecule is CC(=O)C12C[C@@H]3C4CC5[C@H]6CC7C[C@@H]5[C@H]([C@@H]4C1)C(C7)(C2)[C@H]36. The van der Waals surface area contributed by atoms with Crippen molar-refractivity contribution in [3.63, 3.8) is 0 Å². The molecule has 0 saturated heterocycles. The van der Waals surface area contributed by atoms with Crippen LogP contribution in [0.4, 0.5) is 0 Å². The predicted octanol–water partition coefficient (Wildman–Crippen LogP) is 3.92. The van der Waals surface area contributed by atoms with Gasteiger partial charge in [0.25, 0.3) is 0 Å². The number of hydrogen-bond acceptors (Lipinski definition) is 1. The number of ketones is 1. The topological polar surface area (TPSA) is 17.1 Å². The Bertz CT molecular complexity index is 559. The molecule has 10 fully saturated rings. The fourth-order valence-electron chi connectivity index (χ4n) is 10.8. The average Bonchev–Trinajstić information content (AvgIpc) is 2.44. The van der Waals surface area contributed by atoms with E-state index in [1.807, 2.05) is 6.92 Å². The lowest BCUT2D eigenvalue weighted by Crippen LogP contribution is -2.79. The molecule has 0 aromatic carbocycles. The molecule has 5 unspecified atom stereocenters. The zero-order valence-corrected chi connectivity index (χ0v) is 13.1. The second-order valence-electron chi connectivity index (χ2n) is 10.5. The van der Waals surface area contributed by atoms with Gasteiger partial charge in [-0.15, -0.1) is 0 Å². The number of carbonyl (C=O) groups excluding carboxylic acids is 1. The lowest BCUT2D eigenvalue weighted by molar-refractivity contribution is -0.357. The number of Topliss-reactive ketones (excluding diaryl/α,β-unsaturated/α-hetero) is 1. The molecule has 0 aromatic heterocycles. The first-order valence-corrected chi connectivity index (χ1v) is 9.64. The summed E-state index contributed by atoms with van der Waals surface area (Å²) in [5.41, 5.74) is 0.818. The van der Waals surface area contributed by atoms with E-state index in [4.69, 9.17) is 0 Å². The van der Waals surface area contributed by atoms with Crippen molar-refractivity contribution in [2.75, 3.05) is 0 Å². The highest BCUT2D eigenvalue weighted by Gasteiger charge is 2.80. The Balaban J connectivity index is 1.51. The van der Waals surface area contributed by atoms with Crippen molar-refractivity contribution >= 4 is 5.78 Å². The van der Waals surface area contributed by atoms with Gasteiger partial charge in [0.2, 0.25) is 0 Å². The first kappa shape index (κ1) is 11.2. The summed E-state index contributed by atoms with van der Waals surface area (Å²) < 4.78 is 0. The van der Waals surface area contributed by atoms with Crippen LogP contribution in [-0.4, -0.2) is 5.78 Å². The fourth-order valence-corrected chi connectivity index (χ4v) is 10.8. The molecule has 112 valence electrons. The molecule has 1 heteroatoms. The Kier molecular flexibility index (Phi) is 1.55. The first-order valence-electron chi connectivity index (χ1n) is 9.64. The molecule has 10 rings (SSSR count). The van der Waals surface area contributed by atoms with E-state index >= 15 is 0 Å². The molecule has 0 aromatic rings. The minimum Gasteiger partial charge on any atom is -0.299 e. The van der Waals surface area contributed by atoms with Gasteiger partial charge in [-0.2, -0.15) is 0 Å². The van der Waals surface area contributed by atoms with Gasteiger partial charge >= 0.3 is 0 Å². The van der Waals surface area contributed by atoms with Crippen LogP contribution in [0.3, 0.4) is 0 Å². The van der Waals surface area contributed by atoms with Gasteiger partial charge in [0, 0.05) is 5.41 Å². The van der Waals surface area contributed by atoms with Crippen LogP contribution >= 0.6 is 0 Å². The van der Waals surface area contributed by atoms with Crippen LogP contribution in [0.25, 0.3) is 0 Å². The van der Waals surface area contributed by atoms with Crippen LogP contribution in [0.2, 0.25) is 0 Å². The quantitative estimate of drug-likeness (QED) is 0.712. The molecule has 1 spiro atoms. The van der Waals surface area contributed by atoms with Crippen molar-refractivity contribution in [3.8, 4) is 0 Å². The summed E-state index contributed by atoms with van der Waals surface area (Å²) in [6, 6.07) is 0. The zero-order valence-electron chi connectivity index (χ0n) is 13.1. The predicted molar refractivity (Wildman–Crippen MR) is 79.3 cm³/mol. The van der Waals surface area contributed by atoms with Crippen molar-refractivity contribution in [1.29, 1.82) is 0 Å². The Morgan fingerprint density at radius 3 is 2.05 bits per heavy atom. The Labute approximate surface area is 127 Å². The summed E-state index contributed by atoms with van der Waals surface area (Å²) in [7, 11) is 0. The van der Waals surface area contributed by atoms with Crippen molar-refractivity contribution in [1.82, 2.24) is 0 Å². The lowest BCUT2D eigenvalue weighted by atomic mass is 9.20. The second kappa shape index (κ2) is 2.89. The van der Waals surface area contributed by atoms with E-state index in [0.717, 1.165) is 53.3 Å². The molecule has 0 amide bonds. The largest absolute Gasteiger partial charge is 0.299 e. The molecule has 21 heavy (non-hydrogen) atoms. The van der Waals surface area contributed by atoms with Crippen molar-refractivity contribution in [3.05, 3.63) is 0 Å². The van der Waals surface area contributed by atoms with Gasteiger partial charge in [0.15, 0.2) is 0 Å². The fraction of sp³-hybridized carbons (Fsp3) is 0.950. The van der Waals surface area contributed by atoms with E-state index in [1.54, 1.807) is 19.3 Å². The normalized spacial score (nSPS) is 73.7. The monoisotopic (exact) mass is 282 g/mol. The first-order chi connectivity index (χ1) is 10.1. The van der Waals surface area contributed by atoms with E-state index in [9.17, 15) is 4.79 Å². The molecule has 10 aliphatic rings. The number of hydrogen-bond donors (Lipinski definition) is 0. The van der Waals surface area contributed by atoms with Crippen LogP contribution in [0, 0.1) is 64.1 Å². The van der Waals surface area contributed by atoms with Gasteiger partial charge in [-0.05, 0) is 111 Å². The van der Waals surface area contributed by atoms with Gasteiger partial charge in [0.1, 0.15) is 5.78 Å². The second-order valence-corrected chi connectivity index (χ2v) is 10.5. The highest BCUT2D eigenvalue weighted by molar-refractivity contribution is 5.83. The summed E-state index contributed by atoms with van der Waals surface area (Å²) in [4.78, 5) is 12.6. The van der Waals surface area contributed by atoms with E-state index in [2.05, 4.69) is 0 Å². The molecule has 11 atom stereocenters. The average molecular weight is 282 g/mol. The molecular formula is C20H26O. The van der Waals surface area contributed by atoms with Gasteiger partial charge in [0.05, 0.1) is 0 Å². The standard InChI is InChI=1S/C20H26O/c1-9(21)19-6-15-12-4-11-13-2-10-3-14(11)18(16(12)7-19)20(5-10,8-19)17(13)15/h10-18H,2-8H2,1H3/t10?,11?,12?,13-,14+,15-,16-,17+,18-,19?,20?/m1/s1. The minimum atomic E-state index is 0.150. The summed E-state index contributed by atoms with van der Waals surface area (Å²) in [5.74, 6) is 10.1. The van der Waals surface area contributed by atoms with Gasteiger partial charge < -0.3 is 0 Å². The van der Waals surface area contributed by atoms with Crippen LogP contribution in [0.15, 0.2) is 0 Å². The maximum atomic E-state index is 12.6. The molecule has 11 bridgehead atoms. The Morgan fingerprint density at radius 1 is 0.810 bits per heavy atom. The molecular weight excluding hydrogens is 256 g/mol. The minimum absolute atomic E-state index is 0.150. The molecule has 0 radical (unpaired) electrons. The molecule has 0 N–H and O–H groups in total. The third kappa shape index (κ3) is 0.899. The third-order valence-corrected chi connectivity index (χ3v) is 10.5. The van der Waals surface area contributed by atoms with Crippen LogP contribution in [-0.2, 0) is 4.79 Å². The maximum absolute atomic E-state index is 12.6. The lowest BCUT2D eigenvalue weighted by Gasteiger charge is -2.84. The Morgan fingerprint density at radius 2 is 1.43 bits per heavy atom. The molecule has 0 aliphatic heterocycles. The van der Waals surface area contributed by atoms with Crippen LogP contribution in [0.1, 0.15) is 51.9 Å². The third-order valence-electron chi connectivity index (χ3n) is 10.5. The van der Waals surface area contributed by atoms with Crippen molar-refractivity contribution in [2.24, 2.45) is 64.1 Å². The molecule has 10 saturated carbocycles.